The van der Waals surface area contributed by atoms with Gasteiger partial charge in [-0.2, -0.15) is 0 Å². The Morgan fingerprint density at radius 1 is 1.29 bits per heavy atom. The topological polar surface area (TPSA) is 29.1 Å². The SMILES string of the molecule is CC(C)(CCl)CNC(=O)C1C2C3CCC(C3)C12. The molecule has 0 aromatic heterocycles. The average molecular weight is 256 g/mol. The van der Waals surface area contributed by atoms with Gasteiger partial charge in [-0.3, -0.25) is 4.79 Å². The normalized spacial score (nSPS) is 42.4. The van der Waals surface area contributed by atoms with Crippen molar-refractivity contribution >= 4 is 17.5 Å². The number of rotatable bonds is 4. The first-order valence-corrected chi connectivity index (χ1v) is 7.40. The van der Waals surface area contributed by atoms with Crippen LogP contribution in [-0.2, 0) is 4.79 Å². The number of alkyl halides is 1. The molecule has 1 N–H and O–H groups in total. The third-order valence-corrected chi connectivity index (χ3v) is 5.86. The molecule has 4 unspecified atom stereocenters. The molecule has 96 valence electrons. The van der Waals surface area contributed by atoms with E-state index in [0.717, 1.165) is 23.7 Å². The van der Waals surface area contributed by atoms with Gasteiger partial charge in [-0.15, -0.1) is 11.6 Å². The zero-order valence-corrected chi connectivity index (χ0v) is 11.5. The largest absolute Gasteiger partial charge is 0.355 e. The molecule has 3 fully saturated rings. The van der Waals surface area contributed by atoms with Crippen LogP contribution in [0.15, 0.2) is 0 Å². The molecule has 17 heavy (non-hydrogen) atoms. The summed E-state index contributed by atoms with van der Waals surface area (Å²) in [5.41, 5.74) is 0.0141. The highest BCUT2D eigenvalue weighted by Crippen LogP contribution is 2.69. The second-order valence-corrected chi connectivity index (χ2v) is 7.30. The number of fused-ring (bicyclic) bond motifs is 5. The Labute approximate surface area is 108 Å². The van der Waals surface area contributed by atoms with E-state index < -0.39 is 0 Å². The van der Waals surface area contributed by atoms with Crippen molar-refractivity contribution in [2.24, 2.45) is 35.0 Å². The predicted molar refractivity (Wildman–Crippen MR) is 68.8 cm³/mol. The fourth-order valence-electron chi connectivity index (χ4n) is 4.17. The van der Waals surface area contributed by atoms with E-state index in [0.29, 0.717) is 24.2 Å². The van der Waals surface area contributed by atoms with Crippen LogP contribution in [0.1, 0.15) is 33.1 Å². The van der Waals surface area contributed by atoms with Crippen molar-refractivity contribution in [3.05, 3.63) is 0 Å². The maximum Gasteiger partial charge on any atom is 0.223 e. The van der Waals surface area contributed by atoms with E-state index in [9.17, 15) is 4.79 Å². The van der Waals surface area contributed by atoms with Crippen molar-refractivity contribution in [2.75, 3.05) is 12.4 Å². The van der Waals surface area contributed by atoms with Gasteiger partial charge in [0, 0.05) is 18.3 Å². The van der Waals surface area contributed by atoms with Crippen molar-refractivity contribution in [3.8, 4) is 0 Å². The average Bonchev–Trinajstić information content (AvgIpc) is 2.75. The summed E-state index contributed by atoms with van der Waals surface area (Å²) in [5.74, 6) is 4.49. The molecule has 3 aliphatic carbocycles. The molecule has 0 aliphatic heterocycles. The third kappa shape index (κ3) is 1.89. The summed E-state index contributed by atoms with van der Waals surface area (Å²) in [5, 5.41) is 3.11. The number of amides is 1. The molecule has 4 atom stereocenters. The van der Waals surface area contributed by atoms with E-state index in [1.54, 1.807) is 0 Å². The zero-order chi connectivity index (χ0) is 12.2. The van der Waals surface area contributed by atoms with Gasteiger partial charge >= 0.3 is 0 Å². The number of carbonyl (C=O) groups excluding carboxylic acids is 1. The molecule has 0 aromatic rings. The maximum atomic E-state index is 12.1. The lowest BCUT2D eigenvalue weighted by Crippen LogP contribution is -2.36. The second-order valence-electron chi connectivity index (χ2n) is 7.03. The van der Waals surface area contributed by atoms with Gasteiger partial charge in [0.1, 0.15) is 0 Å². The lowest BCUT2D eigenvalue weighted by atomic mass is 9.96. The molecular formula is C14H22ClNO. The van der Waals surface area contributed by atoms with Crippen LogP contribution in [0.4, 0.5) is 0 Å². The predicted octanol–water partition coefficient (Wildman–Crippen LogP) is 2.66. The zero-order valence-electron chi connectivity index (χ0n) is 10.7. The Bertz CT molecular complexity index is 325. The molecule has 3 heteroatoms. The molecule has 1 amide bonds. The van der Waals surface area contributed by atoms with E-state index in [-0.39, 0.29) is 5.41 Å². The van der Waals surface area contributed by atoms with Gasteiger partial charge in [-0.05, 0) is 48.3 Å². The van der Waals surface area contributed by atoms with Gasteiger partial charge in [0.25, 0.3) is 0 Å². The van der Waals surface area contributed by atoms with Crippen LogP contribution < -0.4 is 5.32 Å². The summed E-state index contributed by atoms with van der Waals surface area (Å²) < 4.78 is 0. The maximum absolute atomic E-state index is 12.1. The van der Waals surface area contributed by atoms with Crippen LogP contribution in [-0.4, -0.2) is 18.3 Å². The van der Waals surface area contributed by atoms with Crippen LogP contribution in [0, 0.1) is 35.0 Å². The highest BCUT2D eigenvalue weighted by molar-refractivity contribution is 6.18. The lowest BCUT2D eigenvalue weighted by Gasteiger charge is -2.22. The van der Waals surface area contributed by atoms with Crippen LogP contribution in [0.2, 0.25) is 0 Å². The summed E-state index contributed by atoms with van der Waals surface area (Å²) in [6.45, 7) is 4.90. The first kappa shape index (κ1) is 11.8. The van der Waals surface area contributed by atoms with Crippen LogP contribution in [0.5, 0.6) is 0 Å². The Morgan fingerprint density at radius 2 is 1.88 bits per heavy atom. The van der Waals surface area contributed by atoms with Gasteiger partial charge in [-0.1, -0.05) is 13.8 Å². The van der Waals surface area contributed by atoms with Gasteiger partial charge < -0.3 is 5.32 Å². The first-order valence-electron chi connectivity index (χ1n) is 6.87. The fourth-order valence-corrected chi connectivity index (χ4v) is 4.26. The van der Waals surface area contributed by atoms with Crippen LogP contribution >= 0.6 is 11.6 Å². The molecule has 2 bridgehead atoms. The highest BCUT2D eigenvalue weighted by atomic mass is 35.5. The molecule has 2 nitrogen and oxygen atoms in total. The molecule has 0 radical (unpaired) electrons. The summed E-state index contributed by atoms with van der Waals surface area (Å²) in [6, 6.07) is 0. The number of hydrogen-bond acceptors (Lipinski definition) is 1. The number of carbonyl (C=O) groups is 1. The van der Waals surface area contributed by atoms with Crippen molar-refractivity contribution in [1.82, 2.24) is 5.32 Å². The molecule has 3 aliphatic rings. The summed E-state index contributed by atoms with van der Waals surface area (Å²) >= 11 is 5.87. The molecule has 0 heterocycles. The summed E-state index contributed by atoms with van der Waals surface area (Å²) in [7, 11) is 0. The van der Waals surface area contributed by atoms with E-state index in [2.05, 4.69) is 19.2 Å². The number of halogens is 1. The van der Waals surface area contributed by atoms with Crippen LogP contribution in [0.25, 0.3) is 0 Å². The Morgan fingerprint density at radius 3 is 2.41 bits per heavy atom. The Hall–Kier alpha value is -0.240. The van der Waals surface area contributed by atoms with E-state index in [4.69, 9.17) is 11.6 Å². The Kier molecular flexibility index (Phi) is 2.70. The molecular weight excluding hydrogens is 234 g/mol. The van der Waals surface area contributed by atoms with Gasteiger partial charge in [0.15, 0.2) is 0 Å². The molecule has 0 spiro atoms. The minimum atomic E-state index is 0.0141. The molecule has 0 aromatic carbocycles. The van der Waals surface area contributed by atoms with Gasteiger partial charge in [0.2, 0.25) is 5.91 Å². The van der Waals surface area contributed by atoms with E-state index in [1.807, 2.05) is 0 Å². The minimum Gasteiger partial charge on any atom is -0.355 e. The van der Waals surface area contributed by atoms with Crippen molar-refractivity contribution in [1.29, 1.82) is 0 Å². The molecule has 0 saturated heterocycles. The van der Waals surface area contributed by atoms with Gasteiger partial charge in [-0.25, -0.2) is 0 Å². The molecule has 3 rings (SSSR count). The minimum absolute atomic E-state index is 0.0141. The quantitative estimate of drug-likeness (QED) is 0.769. The lowest BCUT2D eigenvalue weighted by molar-refractivity contribution is -0.123. The van der Waals surface area contributed by atoms with Crippen molar-refractivity contribution in [3.63, 3.8) is 0 Å². The van der Waals surface area contributed by atoms with Crippen LogP contribution in [0.3, 0.4) is 0 Å². The number of nitrogens with one attached hydrogen (secondary N) is 1. The summed E-state index contributed by atoms with van der Waals surface area (Å²) in [4.78, 5) is 12.1. The smallest absolute Gasteiger partial charge is 0.223 e. The van der Waals surface area contributed by atoms with Crippen molar-refractivity contribution in [2.45, 2.75) is 33.1 Å². The summed E-state index contributed by atoms with van der Waals surface area (Å²) in [6.07, 6.45) is 4.16. The first-order chi connectivity index (χ1) is 8.03. The Balaban J connectivity index is 1.53. The monoisotopic (exact) mass is 255 g/mol. The van der Waals surface area contributed by atoms with E-state index >= 15 is 0 Å². The standard InChI is InChI=1S/C14H22ClNO/c1-14(2,6-15)7-16-13(17)12-10-8-3-4-9(5-8)11(10)12/h8-12H,3-7H2,1-2H3,(H,16,17). The van der Waals surface area contributed by atoms with Crippen molar-refractivity contribution < 1.29 is 4.79 Å². The van der Waals surface area contributed by atoms with Gasteiger partial charge in [0.05, 0.1) is 0 Å². The molecule has 3 saturated carbocycles. The number of hydrogen-bond donors (Lipinski definition) is 1. The second kappa shape index (κ2) is 3.88. The third-order valence-electron chi connectivity index (χ3n) is 5.14. The highest BCUT2D eigenvalue weighted by Gasteiger charge is 2.67. The fraction of sp³-hybridized carbons (Fsp3) is 0.929. The van der Waals surface area contributed by atoms with E-state index in [1.165, 1.54) is 19.3 Å².